The summed E-state index contributed by atoms with van der Waals surface area (Å²) in [6.45, 7) is 3.84. The zero-order valence-electron chi connectivity index (χ0n) is 14.1. The maximum Gasteiger partial charge on any atom is 0.270 e. The summed E-state index contributed by atoms with van der Waals surface area (Å²) in [5, 5.41) is 9.28. The number of amides is 2. The zero-order chi connectivity index (χ0) is 17.8. The molecule has 0 radical (unpaired) electrons. The molecular weight excluding hydrogens is 336 g/mol. The number of carbonyl (C=O) groups is 2. The first-order chi connectivity index (χ1) is 12.0. The molecule has 0 spiro atoms. The number of aromatic amines is 1. The number of benzene rings is 1. The van der Waals surface area contributed by atoms with Crippen LogP contribution in [-0.4, -0.2) is 28.3 Å². The molecule has 1 atom stereocenters. The van der Waals surface area contributed by atoms with E-state index in [2.05, 4.69) is 26.7 Å². The number of nitrogens with one attached hydrogen (secondary N) is 3. The van der Waals surface area contributed by atoms with Crippen molar-refractivity contribution in [3.63, 3.8) is 0 Å². The van der Waals surface area contributed by atoms with Gasteiger partial charge in [0.2, 0.25) is 5.91 Å². The number of fused-ring (bicyclic) bond motifs is 1. The molecule has 0 aliphatic heterocycles. The minimum Gasteiger partial charge on any atom is -0.361 e. The maximum absolute atomic E-state index is 12.2. The van der Waals surface area contributed by atoms with Gasteiger partial charge in [-0.15, -0.1) is 11.3 Å². The molecule has 0 saturated heterocycles. The first kappa shape index (κ1) is 17.2. The molecule has 6 nitrogen and oxygen atoms in total. The van der Waals surface area contributed by atoms with Crippen LogP contribution in [0.15, 0.2) is 35.8 Å². The van der Waals surface area contributed by atoms with Crippen molar-refractivity contribution < 1.29 is 9.59 Å². The second kappa shape index (κ2) is 7.48. The van der Waals surface area contributed by atoms with Gasteiger partial charge in [0.1, 0.15) is 10.7 Å². The smallest absolute Gasteiger partial charge is 0.270 e. The van der Waals surface area contributed by atoms with Crippen LogP contribution in [0.3, 0.4) is 0 Å². The summed E-state index contributed by atoms with van der Waals surface area (Å²) in [6, 6.07) is 7.90. The highest BCUT2D eigenvalue weighted by atomic mass is 32.1. The van der Waals surface area contributed by atoms with Crippen molar-refractivity contribution in [3.8, 4) is 0 Å². The predicted octanol–water partition coefficient (Wildman–Crippen LogP) is 2.79. The Morgan fingerprint density at radius 3 is 2.92 bits per heavy atom. The lowest BCUT2D eigenvalue weighted by molar-refractivity contribution is -0.119. The molecule has 0 aliphatic rings. The third-order valence-corrected chi connectivity index (χ3v) is 4.93. The third-order valence-electron chi connectivity index (χ3n) is 3.90. The Hall–Kier alpha value is -2.67. The van der Waals surface area contributed by atoms with E-state index < -0.39 is 0 Å². The SMILES string of the molecule is CC(=O)N[C@H](C)c1nc(C(=O)NCCc2c[nH]c3ccccc23)cs1. The van der Waals surface area contributed by atoms with Crippen molar-refractivity contribution in [1.29, 1.82) is 0 Å². The minimum atomic E-state index is -0.199. The number of nitrogens with zero attached hydrogens (tertiary/aromatic N) is 1. The van der Waals surface area contributed by atoms with E-state index in [0.29, 0.717) is 12.2 Å². The quantitative estimate of drug-likeness (QED) is 0.635. The number of carbonyl (C=O) groups excluding carboxylic acids is 2. The lowest BCUT2D eigenvalue weighted by Gasteiger charge is -2.08. The Bertz CT molecular complexity index is 899. The van der Waals surface area contributed by atoms with Gasteiger partial charge in [-0.1, -0.05) is 18.2 Å². The lowest BCUT2D eigenvalue weighted by Crippen LogP contribution is -2.26. The van der Waals surface area contributed by atoms with Crippen LogP contribution < -0.4 is 10.6 Å². The van der Waals surface area contributed by atoms with Crippen LogP contribution in [-0.2, 0) is 11.2 Å². The van der Waals surface area contributed by atoms with Crippen LogP contribution >= 0.6 is 11.3 Å². The third kappa shape index (κ3) is 4.06. The van der Waals surface area contributed by atoms with Crippen LogP contribution in [0.5, 0.6) is 0 Å². The number of aromatic nitrogens is 2. The molecule has 2 heterocycles. The average molecular weight is 356 g/mol. The summed E-state index contributed by atoms with van der Waals surface area (Å²) in [5.41, 5.74) is 2.66. The van der Waals surface area contributed by atoms with Gasteiger partial charge in [-0.3, -0.25) is 9.59 Å². The highest BCUT2D eigenvalue weighted by Crippen LogP contribution is 2.19. The summed E-state index contributed by atoms with van der Waals surface area (Å²) in [5.74, 6) is -0.315. The molecule has 0 fully saturated rings. The summed E-state index contributed by atoms with van der Waals surface area (Å²) in [7, 11) is 0. The van der Waals surface area contributed by atoms with Crippen LogP contribution in [0.4, 0.5) is 0 Å². The van der Waals surface area contributed by atoms with E-state index in [-0.39, 0.29) is 17.9 Å². The molecule has 0 saturated carbocycles. The number of para-hydroxylation sites is 1. The van der Waals surface area contributed by atoms with Crippen molar-refractivity contribution in [1.82, 2.24) is 20.6 Å². The highest BCUT2D eigenvalue weighted by molar-refractivity contribution is 7.09. The molecule has 2 amide bonds. The first-order valence-electron chi connectivity index (χ1n) is 8.10. The van der Waals surface area contributed by atoms with E-state index >= 15 is 0 Å². The van der Waals surface area contributed by atoms with Gasteiger partial charge in [-0.05, 0) is 25.0 Å². The number of H-pyrrole nitrogens is 1. The monoisotopic (exact) mass is 356 g/mol. The predicted molar refractivity (Wildman–Crippen MR) is 98.7 cm³/mol. The average Bonchev–Trinajstić information content (AvgIpc) is 3.21. The second-order valence-electron chi connectivity index (χ2n) is 5.86. The van der Waals surface area contributed by atoms with Crippen LogP contribution in [0, 0.1) is 0 Å². The molecule has 0 aliphatic carbocycles. The van der Waals surface area contributed by atoms with Gasteiger partial charge >= 0.3 is 0 Å². The van der Waals surface area contributed by atoms with Gasteiger partial charge in [0.25, 0.3) is 5.91 Å². The molecule has 2 aromatic heterocycles. The summed E-state index contributed by atoms with van der Waals surface area (Å²) < 4.78 is 0. The molecule has 0 unspecified atom stereocenters. The molecule has 3 rings (SSSR count). The molecular formula is C18H20N4O2S. The second-order valence-corrected chi connectivity index (χ2v) is 6.75. The maximum atomic E-state index is 12.2. The zero-order valence-corrected chi connectivity index (χ0v) is 14.9. The number of thiazole rings is 1. The van der Waals surface area contributed by atoms with Crippen molar-refractivity contribution in [2.75, 3.05) is 6.54 Å². The first-order valence-corrected chi connectivity index (χ1v) is 8.98. The fourth-order valence-corrected chi connectivity index (χ4v) is 3.50. The summed E-state index contributed by atoms with van der Waals surface area (Å²) >= 11 is 1.37. The summed E-state index contributed by atoms with van der Waals surface area (Å²) in [4.78, 5) is 30.9. The molecule has 0 bridgehead atoms. The lowest BCUT2D eigenvalue weighted by atomic mass is 10.1. The molecule has 3 aromatic rings. The molecule has 130 valence electrons. The van der Waals surface area contributed by atoms with Gasteiger partial charge in [-0.25, -0.2) is 4.98 Å². The van der Waals surface area contributed by atoms with Gasteiger partial charge in [-0.2, -0.15) is 0 Å². The van der Waals surface area contributed by atoms with E-state index in [9.17, 15) is 9.59 Å². The van der Waals surface area contributed by atoms with Gasteiger partial charge < -0.3 is 15.6 Å². The van der Waals surface area contributed by atoms with Crippen molar-refractivity contribution in [2.24, 2.45) is 0 Å². The van der Waals surface area contributed by atoms with Gasteiger partial charge in [0.05, 0.1) is 6.04 Å². The number of hydrogen-bond donors (Lipinski definition) is 3. The van der Waals surface area contributed by atoms with E-state index in [4.69, 9.17) is 0 Å². The Balaban J connectivity index is 1.56. The van der Waals surface area contributed by atoms with E-state index in [1.807, 2.05) is 31.3 Å². The minimum absolute atomic E-state index is 0.118. The summed E-state index contributed by atoms with van der Waals surface area (Å²) in [6.07, 6.45) is 2.72. The molecule has 3 N–H and O–H groups in total. The largest absolute Gasteiger partial charge is 0.361 e. The Morgan fingerprint density at radius 2 is 2.12 bits per heavy atom. The van der Waals surface area contributed by atoms with E-state index in [1.54, 1.807) is 5.38 Å². The van der Waals surface area contributed by atoms with Crippen molar-refractivity contribution in [3.05, 3.63) is 52.1 Å². The topological polar surface area (TPSA) is 86.9 Å². The number of hydrogen-bond acceptors (Lipinski definition) is 4. The van der Waals surface area contributed by atoms with Gasteiger partial charge in [0.15, 0.2) is 0 Å². The molecule has 25 heavy (non-hydrogen) atoms. The fourth-order valence-electron chi connectivity index (χ4n) is 2.70. The standard InChI is InChI=1S/C18H20N4O2S/c1-11(21-12(2)23)18-22-16(10-25-18)17(24)19-8-7-13-9-20-15-6-4-3-5-14(13)15/h3-6,9-11,20H,7-8H2,1-2H3,(H,19,24)(H,21,23)/t11-/m1/s1. The van der Waals surface area contributed by atoms with Crippen molar-refractivity contribution in [2.45, 2.75) is 26.3 Å². The van der Waals surface area contributed by atoms with E-state index in [0.717, 1.165) is 16.9 Å². The van der Waals surface area contributed by atoms with E-state index in [1.165, 1.54) is 29.2 Å². The molecule has 7 heteroatoms. The fraction of sp³-hybridized carbons (Fsp3) is 0.278. The van der Waals surface area contributed by atoms with Crippen LogP contribution in [0.2, 0.25) is 0 Å². The number of rotatable bonds is 6. The highest BCUT2D eigenvalue weighted by Gasteiger charge is 2.15. The van der Waals surface area contributed by atoms with Crippen LogP contribution in [0.1, 0.15) is 40.9 Å². The Labute approximate surface area is 149 Å². The molecule has 1 aromatic carbocycles. The normalized spacial score (nSPS) is 12.1. The Kier molecular flexibility index (Phi) is 5.14. The van der Waals surface area contributed by atoms with Crippen molar-refractivity contribution >= 4 is 34.1 Å². The van der Waals surface area contributed by atoms with Gasteiger partial charge in [0, 0.05) is 35.9 Å². The van der Waals surface area contributed by atoms with Crippen LogP contribution in [0.25, 0.3) is 10.9 Å². The Morgan fingerprint density at radius 1 is 1.32 bits per heavy atom.